The number of carbonyl (C=O) groups excluding carboxylic acids is 3. The molecule has 0 bridgehead atoms. The van der Waals surface area contributed by atoms with Crippen molar-refractivity contribution in [3.8, 4) is 0 Å². The van der Waals surface area contributed by atoms with E-state index in [0.717, 1.165) is 153 Å². The van der Waals surface area contributed by atoms with E-state index < -0.39 is 5.97 Å². The van der Waals surface area contributed by atoms with Crippen molar-refractivity contribution in [2.45, 2.75) is 160 Å². The molecule has 15 nitrogen and oxygen atoms in total. The molecule has 1 aromatic carbocycles. The van der Waals surface area contributed by atoms with Gasteiger partial charge in [0.05, 0.1) is 46.2 Å². The van der Waals surface area contributed by atoms with Gasteiger partial charge in [0.1, 0.15) is 0 Å². The SMILES string of the molecule is CC(C)CCCCN1CCOCC1.CC(C)CCCN(C)C.CC(C)CCCN(C)CC(=O)O.CC(C)CCCN1CCN(C(=O)c2ccccc2)CC1.CC(C)CCCN1CCOCC1.CC(C)CCN1CCOCC1.O=C=O. The molecule has 5 rings (SSSR count). The van der Waals surface area contributed by atoms with E-state index in [4.69, 9.17) is 28.9 Å². The van der Waals surface area contributed by atoms with E-state index >= 15 is 0 Å². The molecule has 0 atom stereocenters. The van der Waals surface area contributed by atoms with Crippen LogP contribution < -0.4 is 0 Å². The van der Waals surface area contributed by atoms with Crippen LogP contribution >= 0.6 is 0 Å². The third-order valence-electron chi connectivity index (χ3n) is 14.1. The summed E-state index contributed by atoms with van der Waals surface area (Å²) in [5.41, 5.74) is 0.806. The van der Waals surface area contributed by atoms with Crippen LogP contribution in [0.3, 0.4) is 0 Å². The van der Waals surface area contributed by atoms with Crippen LogP contribution in [0.5, 0.6) is 0 Å². The second kappa shape index (κ2) is 54.1. The summed E-state index contributed by atoms with van der Waals surface area (Å²) in [7, 11) is 6.09. The van der Waals surface area contributed by atoms with E-state index in [9.17, 15) is 9.59 Å². The molecule has 1 aromatic rings. The number of rotatable bonds is 27. The van der Waals surface area contributed by atoms with Crippen LogP contribution in [-0.4, -0.2) is 229 Å². The second-order valence-corrected chi connectivity index (χ2v) is 25.1. The Kier molecular flexibility index (Phi) is 53.6. The zero-order chi connectivity index (χ0) is 60.4. The van der Waals surface area contributed by atoms with Crippen LogP contribution in [0.25, 0.3) is 0 Å². The van der Waals surface area contributed by atoms with Crippen molar-refractivity contribution in [1.82, 2.24) is 34.3 Å². The van der Waals surface area contributed by atoms with Gasteiger partial charge in [-0.2, -0.15) is 9.59 Å². The summed E-state index contributed by atoms with van der Waals surface area (Å²) in [6, 6.07) is 9.60. The maximum Gasteiger partial charge on any atom is 0.373 e. The first-order valence-corrected chi connectivity index (χ1v) is 31.6. The molecule has 4 aliphatic heterocycles. The van der Waals surface area contributed by atoms with Gasteiger partial charge in [0, 0.05) is 71.0 Å². The first kappa shape index (κ1) is 79.2. The number of hydrogen-bond acceptors (Lipinski definition) is 13. The van der Waals surface area contributed by atoms with Crippen molar-refractivity contribution >= 4 is 18.0 Å². The van der Waals surface area contributed by atoms with E-state index in [1.54, 1.807) is 0 Å². The fraction of sp³-hybridized carbons (Fsp3) is 0.862. The lowest BCUT2D eigenvalue weighted by Crippen LogP contribution is -2.48. The highest BCUT2D eigenvalue weighted by atomic mass is 16.5. The molecule has 80 heavy (non-hydrogen) atoms. The van der Waals surface area contributed by atoms with Crippen LogP contribution in [0.15, 0.2) is 30.3 Å². The van der Waals surface area contributed by atoms with E-state index in [1.165, 1.54) is 103 Å². The number of carboxylic acid groups (broad SMARTS) is 1. The van der Waals surface area contributed by atoms with Crippen LogP contribution in [0.2, 0.25) is 0 Å². The molecule has 1 N–H and O–H groups in total. The van der Waals surface area contributed by atoms with Gasteiger partial charge in [-0.05, 0) is 172 Å². The predicted molar refractivity (Wildman–Crippen MR) is 334 cm³/mol. The standard InChI is InChI=1S/C17H26N2O.C11H23NO.C10H21NO.C9H19NO2.C9H19NO.C8H19N.CO2/c1-15(2)7-6-10-18-11-13-19(14-12-18)17(20)16-8-4-3-5-9-16;1-11(2)5-3-4-6-12-7-9-13-10-8-12;1-10(2)4-3-5-11-6-8-12-9-7-11;1-8(2)5-4-6-10(3)7-9(11)12;1-9(2)3-4-10-5-7-11-8-6-10;1-8(2)6-5-7-9(3)4;2-1-3/h3-5,8-9,15H,6-7,10-14H2,1-2H3;11H,3-10H2,1-2H3;10H,3-9H2,1-2H3;8H,4-7H2,1-3H3,(H,11,12);9H,3-8H2,1-2H3;8H,5-7H2,1-4H3;. The molecule has 0 spiro atoms. The highest BCUT2D eigenvalue weighted by molar-refractivity contribution is 5.94. The minimum atomic E-state index is -0.748. The highest BCUT2D eigenvalue weighted by Crippen LogP contribution is 2.13. The van der Waals surface area contributed by atoms with Crippen LogP contribution in [-0.2, 0) is 28.6 Å². The van der Waals surface area contributed by atoms with E-state index in [2.05, 4.69) is 122 Å². The Labute approximate surface area is 492 Å². The molecular formula is C65H127N7O8. The van der Waals surface area contributed by atoms with Gasteiger partial charge in [-0.15, -0.1) is 0 Å². The van der Waals surface area contributed by atoms with E-state index in [-0.39, 0.29) is 18.6 Å². The Hall–Kier alpha value is -2.82. The minimum Gasteiger partial charge on any atom is -0.480 e. The second-order valence-electron chi connectivity index (χ2n) is 25.1. The fourth-order valence-electron chi connectivity index (χ4n) is 9.08. The maximum atomic E-state index is 12.3. The zero-order valence-electron chi connectivity index (χ0n) is 54.5. The number of benzene rings is 1. The molecule has 4 fully saturated rings. The van der Waals surface area contributed by atoms with Crippen LogP contribution in [0, 0.1) is 35.5 Å². The molecule has 4 aliphatic rings. The summed E-state index contributed by atoms with van der Waals surface area (Å²) >= 11 is 0. The molecule has 4 saturated heterocycles. The number of amides is 1. The van der Waals surface area contributed by atoms with Gasteiger partial charge in [-0.1, -0.05) is 114 Å². The molecule has 1 amide bonds. The largest absolute Gasteiger partial charge is 0.480 e. The number of carbonyl (C=O) groups is 2. The summed E-state index contributed by atoms with van der Waals surface area (Å²) in [4.78, 5) is 54.9. The van der Waals surface area contributed by atoms with Crippen molar-refractivity contribution < 1.29 is 38.5 Å². The first-order chi connectivity index (χ1) is 38.1. The Balaban J connectivity index is 0. The molecular weight excluding hydrogens is 1010 g/mol. The van der Waals surface area contributed by atoms with Gasteiger partial charge in [0.15, 0.2) is 0 Å². The lowest BCUT2D eigenvalue weighted by Gasteiger charge is -2.34. The van der Waals surface area contributed by atoms with Crippen molar-refractivity contribution in [2.24, 2.45) is 35.5 Å². The molecule has 0 aliphatic carbocycles. The normalized spacial score (nSPS) is 16.3. The number of unbranched alkanes of at least 4 members (excludes halogenated alkanes) is 1. The topological polar surface area (TPSA) is 139 Å². The third-order valence-corrected chi connectivity index (χ3v) is 14.1. The Morgan fingerprint density at radius 3 is 1.18 bits per heavy atom. The minimum absolute atomic E-state index is 0.151. The van der Waals surface area contributed by atoms with Crippen LogP contribution in [0.4, 0.5) is 0 Å². The number of nitrogens with zero attached hydrogens (tertiary/aromatic N) is 7. The zero-order valence-corrected chi connectivity index (χ0v) is 54.5. The smallest absolute Gasteiger partial charge is 0.373 e. The van der Waals surface area contributed by atoms with E-state index in [0.29, 0.717) is 5.92 Å². The van der Waals surface area contributed by atoms with Crippen molar-refractivity contribution in [3.05, 3.63) is 35.9 Å². The number of aliphatic carboxylic acids is 1. The van der Waals surface area contributed by atoms with E-state index in [1.807, 2.05) is 47.2 Å². The maximum absolute atomic E-state index is 12.3. The molecule has 0 unspecified atom stereocenters. The van der Waals surface area contributed by atoms with Crippen molar-refractivity contribution in [2.75, 3.05) is 172 Å². The summed E-state index contributed by atoms with van der Waals surface area (Å²) in [5.74, 6) is 4.34. The average molecular weight is 1130 g/mol. The monoisotopic (exact) mass is 1130 g/mol. The number of piperazine rings is 1. The Bertz CT molecular complexity index is 1530. The van der Waals surface area contributed by atoms with Crippen molar-refractivity contribution in [3.63, 3.8) is 0 Å². The first-order valence-electron chi connectivity index (χ1n) is 31.6. The number of morpholine rings is 3. The van der Waals surface area contributed by atoms with Gasteiger partial charge < -0.3 is 29.1 Å². The van der Waals surface area contributed by atoms with Crippen LogP contribution in [0.1, 0.15) is 170 Å². The predicted octanol–water partition coefficient (Wildman–Crippen LogP) is 11.0. The van der Waals surface area contributed by atoms with Gasteiger partial charge in [0.2, 0.25) is 0 Å². The molecule has 0 aromatic heterocycles. The molecule has 470 valence electrons. The number of ether oxygens (including phenoxy) is 3. The number of hydrogen-bond donors (Lipinski definition) is 1. The quantitative estimate of drug-likeness (QED) is 0.0836. The molecule has 0 radical (unpaired) electrons. The summed E-state index contributed by atoms with van der Waals surface area (Å²) in [5, 5.41) is 8.45. The average Bonchev–Trinajstić information content (AvgIpc) is 3.41. The lowest BCUT2D eigenvalue weighted by atomic mass is 10.1. The van der Waals surface area contributed by atoms with Gasteiger partial charge >= 0.3 is 12.1 Å². The lowest BCUT2D eigenvalue weighted by molar-refractivity contribution is -0.191. The highest BCUT2D eigenvalue weighted by Gasteiger charge is 2.22. The summed E-state index contributed by atoms with van der Waals surface area (Å²) < 4.78 is 15.9. The molecule has 4 heterocycles. The molecule has 0 saturated carbocycles. The Morgan fingerprint density at radius 2 is 0.800 bits per heavy atom. The van der Waals surface area contributed by atoms with Crippen molar-refractivity contribution in [1.29, 1.82) is 0 Å². The Morgan fingerprint density at radius 1 is 0.463 bits per heavy atom. The number of likely N-dealkylation sites (N-methyl/N-ethyl adjacent to an activating group) is 1. The van der Waals surface area contributed by atoms with Gasteiger partial charge in [-0.25, -0.2) is 0 Å². The molecule has 15 heteroatoms. The van der Waals surface area contributed by atoms with Gasteiger partial charge in [0.25, 0.3) is 5.91 Å². The number of carboxylic acids is 1. The third kappa shape index (κ3) is 54.4. The summed E-state index contributed by atoms with van der Waals surface area (Å²) in [6.07, 6.45) is 15.9. The fourth-order valence-corrected chi connectivity index (χ4v) is 9.08. The van der Waals surface area contributed by atoms with Gasteiger partial charge in [-0.3, -0.25) is 34.1 Å². The summed E-state index contributed by atoms with van der Waals surface area (Å²) in [6.45, 7) is 50.6.